The van der Waals surface area contributed by atoms with Gasteiger partial charge in [-0.25, -0.2) is 0 Å². The highest BCUT2D eigenvalue weighted by Gasteiger charge is 2.15. The molecule has 1 aliphatic heterocycles. The number of methoxy groups -OCH3 is 2. The van der Waals surface area contributed by atoms with Gasteiger partial charge in [0.2, 0.25) is 6.79 Å². The largest absolute Gasteiger partial charge is 0.497 e. The van der Waals surface area contributed by atoms with Gasteiger partial charge in [-0.2, -0.15) is 0 Å². The number of carbonyl (C=O) groups is 1. The summed E-state index contributed by atoms with van der Waals surface area (Å²) in [7, 11) is 3.09. The third-order valence-corrected chi connectivity index (χ3v) is 4.32. The number of nitrogens with one attached hydrogen (secondary N) is 2. The molecule has 0 fully saturated rings. The van der Waals surface area contributed by atoms with Crippen LogP contribution in [0.15, 0.2) is 54.9 Å². The third kappa shape index (κ3) is 4.01. The molecule has 1 amide bonds. The van der Waals surface area contributed by atoms with Crippen molar-refractivity contribution in [3.05, 3.63) is 60.4 Å². The van der Waals surface area contributed by atoms with Crippen LogP contribution in [0.2, 0.25) is 0 Å². The summed E-state index contributed by atoms with van der Waals surface area (Å²) in [5.41, 5.74) is 2.35. The molecule has 8 nitrogen and oxygen atoms in total. The Kier molecular flexibility index (Phi) is 5.07. The van der Waals surface area contributed by atoms with Gasteiger partial charge in [0.1, 0.15) is 11.5 Å². The van der Waals surface area contributed by atoms with E-state index in [-0.39, 0.29) is 12.7 Å². The van der Waals surface area contributed by atoms with Crippen LogP contribution in [0, 0.1) is 0 Å². The average molecular weight is 393 g/mol. The first-order chi connectivity index (χ1) is 14.2. The molecule has 0 atom stereocenters. The van der Waals surface area contributed by atoms with Gasteiger partial charge in [0, 0.05) is 24.0 Å². The Morgan fingerprint density at radius 2 is 1.83 bits per heavy atom. The number of carbonyl (C=O) groups excluding carboxylic acids is 1. The van der Waals surface area contributed by atoms with Gasteiger partial charge >= 0.3 is 0 Å². The molecule has 2 N–H and O–H groups in total. The van der Waals surface area contributed by atoms with Crippen LogP contribution < -0.4 is 29.6 Å². The quantitative estimate of drug-likeness (QED) is 0.658. The van der Waals surface area contributed by atoms with Crippen LogP contribution >= 0.6 is 0 Å². The van der Waals surface area contributed by atoms with Crippen LogP contribution in [0.1, 0.15) is 10.4 Å². The van der Waals surface area contributed by atoms with E-state index in [0.717, 1.165) is 5.69 Å². The van der Waals surface area contributed by atoms with Crippen LogP contribution in [0.5, 0.6) is 23.0 Å². The molecule has 2 heterocycles. The van der Waals surface area contributed by atoms with Gasteiger partial charge in [0.15, 0.2) is 11.5 Å². The highest BCUT2D eigenvalue weighted by atomic mass is 16.7. The number of ether oxygens (including phenoxy) is 4. The van der Waals surface area contributed by atoms with Crippen molar-refractivity contribution in [3.8, 4) is 23.0 Å². The molecule has 0 spiro atoms. The Hall–Kier alpha value is -3.94. The maximum Gasteiger partial charge on any atom is 0.257 e. The molecule has 0 saturated carbocycles. The standard InChI is InChI=1S/C21H19N3O5/c1-26-16-4-6-18(27-2)17(9-16)24-21(25)13-7-15(11-22-10-13)23-14-3-5-19-20(8-14)29-12-28-19/h3-11,23H,12H2,1-2H3,(H,24,25). The molecule has 1 aromatic heterocycles. The van der Waals surface area contributed by atoms with Crippen LogP contribution in [0.25, 0.3) is 0 Å². The fourth-order valence-corrected chi connectivity index (χ4v) is 2.88. The number of hydrogen-bond acceptors (Lipinski definition) is 7. The fourth-order valence-electron chi connectivity index (χ4n) is 2.88. The van der Waals surface area contributed by atoms with E-state index in [1.54, 1.807) is 37.6 Å². The SMILES string of the molecule is COc1ccc(OC)c(NC(=O)c2cncc(Nc3ccc4c(c3)OCO4)c2)c1. The minimum Gasteiger partial charge on any atom is -0.497 e. The summed E-state index contributed by atoms with van der Waals surface area (Å²) in [6.07, 6.45) is 3.13. The number of nitrogens with zero attached hydrogens (tertiary/aromatic N) is 1. The third-order valence-electron chi connectivity index (χ3n) is 4.32. The first-order valence-corrected chi connectivity index (χ1v) is 8.81. The molecule has 148 valence electrons. The second-order valence-electron chi connectivity index (χ2n) is 6.18. The van der Waals surface area contributed by atoms with E-state index in [0.29, 0.717) is 39.9 Å². The van der Waals surface area contributed by atoms with E-state index in [9.17, 15) is 4.79 Å². The molecular weight excluding hydrogens is 374 g/mol. The normalized spacial score (nSPS) is 11.7. The number of anilines is 3. The lowest BCUT2D eigenvalue weighted by Crippen LogP contribution is -2.13. The van der Waals surface area contributed by atoms with Crippen LogP contribution in [-0.2, 0) is 0 Å². The highest BCUT2D eigenvalue weighted by molar-refractivity contribution is 6.05. The smallest absolute Gasteiger partial charge is 0.257 e. The van der Waals surface area contributed by atoms with Gasteiger partial charge in [-0.05, 0) is 30.3 Å². The molecule has 0 radical (unpaired) electrons. The van der Waals surface area contributed by atoms with Crippen LogP contribution in [0.4, 0.5) is 17.1 Å². The predicted molar refractivity (Wildman–Crippen MR) is 108 cm³/mol. The molecule has 29 heavy (non-hydrogen) atoms. The summed E-state index contributed by atoms with van der Waals surface area (Å²) in [6, 6.07) is 12.4. The highest BCUT2D eigenvalue weighted by Crippen LogP contribution is 2.35. The molecule has 8 heteroatoms. The summed E-state index contributed by atoms with van der Waals surface area (Å²) >= 11 is 0. The first-order valence-electron chi connectivity index (χ1n) is 8.81. The maximum atomic E-state index is 12.7. The molecule has 3 aromatic rings. The lowest BCUT2D eigenvalue weighted by atomic mass is 10.2. The summed E-state index contributed by atoms with van der Waals surface area (Å²) in [5.74, 6) is 2.19. The van der Waals surface area contributed by atoms with Crippen molar-refractivity contribution in [1.82, 2.24) is 4.98 Å². The monoisotopic (exact) mass is 393 g/mol. The Labute approximate surface area is 167 Å². The minimum atomic E-state index is -0.321. The van der Waals surface area contributed by atoms with Crippen molar-refractivity contribution in [3.63, 3.8) is 0 Å². The second-order valence-corrected chi connectivity index (χ2v) is 6.18. The van der Waals surface area contributed by atoms with Crippen LogP contribution in [0.3, 0.4) is 0 Å². The van der Waals surface area contributed by atoms with Gasteiger partial charge in [-0.1, -0.05) is 0 Å². The number of rotatable bonds is 6. The summed E-state index contributed by atoms with van der Waals surface area (Å²) in [5, 5.41) is 6.04. The number of benzene rings is 2. The zero-order valence-electron chi connectivity index (χ0n) is 15.9. The van der Waals surface area contributed by atoms with E-state index >= 15 is 0 Å². The Bertz CT molecular complexity index is 1050. The molecule has 0 bridgehead atoms. The number of hydrogen-bond donors (Lipinski definition) is 2. The van der Waals surface area contributed by atoms with Crippen molar-refractivity contribution in [2.24, 2.45) is 0 Å². The van der Waals surface area contributed by atoms with E-state index in [4.69, 9.17) is 18.9 Å². The molecule has 0 unspecified atom stereocenters. The lowest BCUT2D eigenvalue weighted by Gasteiger charge is -2.12. The van der Waals surface area contributed by atoms with Gasteiger partial charge in [0.05, 0.1) is 37.4 Å². The number of fused-ring (bicyclic) bond motifs is 1. The molecular formula is C21H19N3O5. The molecule has 0 aliphatic carbocycles. The van der Waals surface area contributed by atoms with Gasteiger partial charge in [-0.3, -0.25) is 9.78 Å². The zero-order valence-corrected chi connectivity index (χ0v) is 15.9. The minimum absolute atomic E-state index is 0.212. The van der Waals surface area contributed by atoms with Crippen molar-refractivity contribution < 1.29 is 23.7 Å². The number of pyridine rings is 1. The van der Waals surface area contributed by atoms with Crippen molar-refractivity contribution in [2.75, 3.05) is 31.6 Å². The van der Waals surface area contributed by atoms with Crippen LogP contribution in [-0.4, -0.2) is 31.9 Å². The number of amides is 1. The van der Waals surface area contributed by atoms with E-state index in [1.807, 2.05) is 18.2 Å². The average Bonchev–Trinajstić information content (AvgIpc) is 3.21. The second kappa shape index (κ2) is 7.97. The Morgan fingerprint density at radius 1 is 0.966 bits per heavy atom. The van der Waals surface area contributed by atoms with Gasteiger partial charge in [-0.15, -0.1) is 0 Å². The lowest BCUT2D eigenvalue weighted by molar-refractivity contribution is 0.102. The van der Waals surface area contributed by atoms with E-state index < -0.39 is 0 Å². The molecule has 2 aromatic carbocycles. The molecule has 1 aliphatic rings. The zero-order chi connectivity index (χ0) is 20.2. The summed E-state index contributed by atoms with van der Waals surface area (Å²) in [6.45, 7) is 0.212. The van der Waals surface area contributed by atoms with Gasteiger partial charge in [0.25, 0.3) is 5.91 Å². The van der Waals surface area contributed by atoms with E-state index in [2.05, 4.69) is 15.6 Å². The van der Waals surface area contributed by atoms with Gasteiger partial charge < -0.3 is 29.6 Å². The van der Waals surface area contributed by atoms with Crippen molar-refractivity contribution in [2.45, 2.75) is 0 Å². The Morgan fingerprint density at radius 3 is 2.66 bits per heavy atom. The predicted octanol–water partition coefficient (Wildman–Crippen LogP) is 3.82. The summed E-state index contributed by atoms with van der Waals surface area (Å²) in [4.78, 5) is 16.9. The molecule has 0 saturated heterocycles. The van der Waals surface area contributed by atoms with E-state index in [1.165, 1.54) is 13.3 Å². The topological polar surface area (TPSA) is 90.9 Å². The molecule has 4 rings (SSSR count). The fraction of sp³-hybridized carbons (Fsp3) is 0.143. The maximum absolute atomic E-state index is 12.7. The number of aromatic nitrogens is 1. The summed E-state index contributed by atoms with van der Waals surface area (Å²) < 4.78 is 21.2. The first kappa shape index (κ1) is 18.4. The van der Waals surface area contributed by atoms with Crippen molar-refractivity contribution >= 4 is 23.0 Å². The Balaban J connectivity index is 1.52. The van der Waals surface area contributed by atoms with Crippen molar-refractivity contribution in [1.29, 1.82) is 0 Å².